The molecule has 4 rings (SSSR count). The number of aryl methyl sites for hydroxylation is 1. The molecule has 1 aliphatic rings. The summed E-state index contributed by atoms with van der Waals surface area (Å²) in [5.41, 5.74) is 4.68. The first-order valence-electron chi connectivity index (χ1n) is 11.3. The normalized spacial score (nSPS) is 12.9. The van der Waals surface area contributed by atoms with E-state index in [0.717, 1.165) is 27.5 Å². The van der Waals surface area contributed by atoms with Crippen LogP contribution in [-0.2, 0) is 17.9 Å². The number of hydrogen-bond acceptors (Lipinski definition) is 4. The zero-order valence-electron chi connectivity index (χ0n) is 19.6. The number of ether oxygens (including phenoxy) is 1. The fourth-order valence-corrected chi connectivity index (χ4v) is 4.56. The van der Waals surface area contributed by atoms with Crippen molar-refractivity contribution >= 4 is 35.1 Å². The van der Waals surface area contributed by atoms with E-state index < -0.39 is 0 Å². The first kappa shape index (κ1) is 23.7. The van der Waals surface area contributed by atoms with Gasteiger partial charge in [-0.15, -0.1) is 11.8 Å². The summed E-state index contributed by atoms with van der Waals surface area (Å²) >= 11 is 1.52. The largest absolute Gasteiger partial charge is 0.491 e. The molecule has 0 aromatic heterocycles. The first-order chi connectivity index (χ1) is 16.4. The van der Waals surface area contributed by atoms with E-state index >= 15 is 0 Å². The zero-order chi connectivity index (χ0) is 24.1. The number of nitrogens with one attached hydrogen (secondary N) is 2. The molecular weight excluding hydrogens is 446 g/mol. The molecule has 0 spiro atoms. The highest BCUT2D eigenvalue weighted by atomic mass is 32.2. The highest BCUT2D eigenvalue weighted by Crippen LogP contribution is 2.38. The highest BCUT2D eigenvalue weighted by molar-refractivity contribution is 8.00. The van der Waals surface area contributed by atoms with Crippen LogP contribution < -0.4 is 20.3 Å². The third-order valence-corrected chi connectivity index (χ3v) is 6.42. The summed E-state index contributed by atoms with van der Waals surface area (Å²) in [4.78, 5) is 28.0. The molecule has 0 saturated heterocycles. The second-order valence-corrected chi connectivity index (χ2v) is 9.57. The van der Waals surface area contributed by atoms with Crippen molar-refractivity contribution in [3.8, 4) is 5.75 Å². The molecule has 0 bridgehead atoms. The Balaban J connectivity index is 1.40. The summed E-state index contributed by atoms with van der Waals surface area (Å²) in [5.74, 6) is 1.28. The molecule has 6 nitrogen and oxygen atoms in total. The summed E-state index contributed by atoms with van der Waals surface area (Å²) in [6, 6.07) is 21.2. The third kappa shape index (κ3) is 6.11. The maximum atomic E-state index is 12.7. The van der Waals surface area contributed by atoms with E-state index in [4.69, 9.17) is 4.74 Å². The van der Waals surface area contributed by atoms with Gasteiger partial charge in [-0.2, -0.15) is 0 Å². The van der Waals surface area contributed by atoms with Crippen LogP contribution in [0.1, 0.15) is 30.5 Å². The molecule has 0 atom stereocenters. The lowest BCUT2D eigenvalue weighted by Gasteiger charge is -2.29. The van der Waals surface area contributed by atoms with E-state index in [1.165, 1.54) is 17.3 Å². The maximum absolute atomic E-state index is 12.7. The van der Waals surface area contributed by atoms with Gasteiger partial charge in [-0.3, -0.25) is 4.79 Å². The second-order valence-electron chi connectivity index (χ2n) is 8.55. The molecule has 3 aromatic rings. The molecule has 2 N–H and O–H groups in total. The predicted octanol–water partition coefficient (Wildman–Crippen LogP) is 5.74. The number of urea groups is 1. The van der Waals surface area contributed by atoms with E-state index in [9.17, 15) is 9.59 Å². The van der Waals surface area contributed by atoms with Crippen LogP contribution in [0.25, 0.3) is 0 Å². The van der Waals surface area contributed by atoms with Crippen LogP contribution in [0.3, 0.4) is 0 Å². The van der Waals surface area contributed by atoms with Gasteiger partial charge in [0.1, 0.15) is 5.75 Å². The van der Waals surface area contributed by atoms with Gasteiger partial charge in [0.25, 0.3) is 0 Å². The van der Waals surface area contributed by atoms with E-state index in [2.05, 4.69) is 10.6 Å². The number of benzene rings is 3. The molecule has 3 amide bonds. The van der Waals surface area contributed by atoms with Gasteiger partial charge in [0.05, 0.1) is 24.1 Å². The summed E-state index contributed by atoms with van der Waals surface area (Å²) in [6.45, 7) is 6.90. The van der Waals surface area contributed by atoms with Crippen molar-refractivity contribution in [3.05, 3.63) is 83.4 Å². The number of thioether (sulfide) groups is 1. The first-order valence-corrected chi connectivity index (χ1v) is 12.3. The smallest absolute Gasteiger partial charge is 0.319 e. The average molecular weight is 476 g/mol. The second kappa shape index (κ2) is 10.7. The van der Waals surface area contributed by atoms with Crippen molar-refractivity contribution in [3.63, 3.8) is 0 Å². The lowest BCUT2D eigenvalue weighted by molar-refractivity contribution is -0.116. The van der Waals surface area contributed by atoms with Crippen LogP contribution in [0.2, 0.25) is 0 Å². The minimum absolute atomic E-state index is 0.0598. The Morgan fingerprint density at radius 1 is 1.03 bits per heavy atom. The number of amides is 3. The molecule has 0 radical (unpaired) electrons. The molecule has 34 heavy (non-hydrogen) atoms. The SMILES string of the molecule is Cc1ccc(CN2C(=O)CSc3ccc(NC(=O)NCc4ccc(OC(C)C)cc4)cc32)cc1. The lowest BCUT2D eigenvalue weighted by atomic mass is 10.1. The predicted molar refractivity (Wildman–Crippen MR) is 138 cm³/mol. The molecule has 7 heteroatoms. The molecule has 0 unspecified atom stereocenters. The van der Waals surface area contributed by atoms with Crippen molar-refractivity contribution in [2.45, 2.75) is 44.9 Å². The van der Waals surface area contributed by atoms with Crippen molar-refractivity contribution in [1.29, 1.82) is 0 Å². The number of carbonyl (C=O) groups excluding carboxylic acids is 2. The highest BCUT2D eigenvalue weighted by Gasteiger charge is 2.25. The summed E-state index contributed by atoms with van der Waals surface area (Å²) < 4.78 is 5.65. The molecule has 176 valence electrons. The van der Waals surface area contributed by atoms with Gasteiger partial charge >= 0.3 is 6.03 Å². The Morgan fingerprint density at radius 2 is 1.74 bits per heavy atom. The zero-order valence-corrected chi connectivity index (χ0v) is 20.4. The topological polar surface area (TPSA) is 70.7 Å². The van der Waals surface area contributed by atoms with Crippen LogP contribution in [0, 0.1) is 6.92 Å². The number of anilines is 2. The van der Waals surface area contributed by atoms with Crippen LogP contribution >= 0.6 is 11.8 Å². The molecule has 0 fully saturated rings. The van der Waals surface area contributed by atoms with Gasteiger partial charge in [-0.05, 0) is 62.2 Å². The van der Waals surface area contributed by atoms with E-state index in [0.29, 0.717) is 24.5 Å². The number of hydrogen-bond donors (Lipinski definition) is 2. The van der Waals surface area contributed by atoms with Crippen LogP contribution in [0.5, 0.6) is 5.75 Å². The molecule has 0 saturated carbocycles. The quantitative estimate of drug-likeness (QED) is 0.457. The van der Waals surface area contributed by atoms with E-state index in [1.807, 2.05) is 87.5 Å². The summed E-state index contributed by atoms with van der Waals surface area (Å²) in [6.07, 6.45) is 0.118. The summed E-state index contributed by atoms with van der Waals surface area (Å²) in [7, 11) is 0. The van der Waals surface area contributed by atoms with Crippen molar-refractivity contribution in [1.82, 2.24) is 5.32 Å². The molecule has 0 aliphatic carbocycles. The Kier molecular flexibility index (Phi) is 7.43. The minimum atomic E-state index is -0.303. The molecular formula is C27H29N3O3S. The monoisotopic (exact) mass is 475 g/mol. The molecule has 1 aliphatic heterocycles. The number of carbonyl (C=O) groups is 2. The van der Waals surface area contributed by atoms with Gasteiger partial charge in [0.2, 0.25) is 5.91 Å². The Hall–Kier alpha value is -3.45. The number of nitrogens with zero attached hydrogens (tertiary/aromatic N) is 1. The Morgan fingerprint density at radius 3 is 2.44 bits per heavy atom. The van der Waals surface area contributed by atoms with Crippen LogP contribution in [0.15, 0.2) is 71.6 Å². The lowest BCUT2D eigenvalue weighted by Crippen LogP contribution is -2.35. The standard InChI is InChI=1S/C27H29N3O3S/c1-18(2)33-23-11-8-20(9-12-23)15-28-27(32)29-22-10-13-25-24(14-22)30(26(31)17-34-25)16-21-6-4-19(3)5-7-21/h4-14,18H,15-17H2,1-3H3,(H2,28,29,32). The van der Waals surface area contributed by atoms with Crippen LogP contribution in [0.4, 0.5) is 16.2 Å². The van der Waals surface area contributed by atoms with Crippen LogP contribution in [-0.4, -0.2) is 23.8 Å². The maximum Gasteiger partial charge on any atom is 0.319 e. The fraction of sp³-hybridized carbons (Fsp3) is 0.259. The number of fused-ring (bicyclic) bond motifs is 1. The Labute approximate surface area is 204 Å². The van der Waals surface area contributed by atoms with Gasteiger partial charge in [-0.1, -0.05) is 42.0 Å². The van der Waals surface area contributed by atoms with Gasteiger partial charge in [0, 0.05) is 17.1 Å². The average Bonchev–Trinajstić information content (AvgIpc) is 2.81. The van der Waals surface area contributed by atoms with Gasteiger partial charge in [-0.25, -0.2) is 4.79 Å². The third-order valence-electron chi connectivity index (χ3n) is 5.37. The minimum Gasteiger partial charge on any atom is -0.491 e. The number of rotatable bonds is 7. The molecule has 3 aromatic carbocycles. The van der Waals surface area contributed by atoms with Crippen molar-refractivity contribution < 1.29 is 14.3 Å². The van der Waals surface area contributed by atoms with E-state index in [-0.39, 0.29) is 18.0 Å². The summed E-state index contributed by atoms with van der Waals surface area (Å²) in [5, 5.41) is 5.76. The molecule has 1 heterocycles. The van der Waals surface area contributed by atoms with E-state index in [1.54, 1.807) is 4.90 Å². The fourth-order valence-electron chi connectivity index (χ4n) is 3.64. The van der Waals surface area contributed by atoms with Gasteiger partial charge < -0.3 is 20.3 Å². The van der Waals surface area contributed by atoms with Crippen molar-refractivity contribution in [2.24, 2.45) is 0 Å². The van der Waals surface area contributed by atoms with Gasteiger partial charge in [0.15, 0.2) is 0 Å². The Bertz CT molecular complexity index is 1160. The van der Waals surface area contributed by atoms with Crippen molar-refractivity contribution in [2.75, 3.05) is 16.0 Å².